The first-order valence-corrected chi connectivity index (χ1v) is 1.54. The Hall–Kier alpha value is 1.62. The standard InChI is InChI=1S/C2H4O2S.K.H/c3-1-2(4)5;;/h3H,1H2,(H,4,5);;. The fourth-order valence-corrected chi connectivity index (χ4v) is 0. The molecule has 0 saturated heterocycles. The molecule has 1 N–H and O–H groups in total. The van der Waals surface area contributed by atoms with Crippen LogP contribution in [0.1, 0.15) is 0 Å². The molecular weight excluding hydrogens is 127 g/mol. The molecule has 6 heavy (non-hydrogen) atoms. The summed E-state index contributed by atoms with van der Waals surface area (Å²) in [5, 5.41) is 7.22. The molecule has 0 spiro atoms. The third-order valence-electron chi connectivity index (χ3n) is 0.135. The molecule has 0 bridgehead atoms. The number of thiol groups is 1. The Morgan fingerprint density at radius 2 is 2.00 bits per heavy atom. The number of aliphatic hydroxyl groups excluding tert-OH is 1. The van der Waals surface area contributed by atoms with E-state index >= 15 is 0 Å². The van der Waals surface area contributed by atoms with Gasteiger partial charge in [-0.25, -0.2) is 0 Å². The molecule has 0 heterocycles. The van der Waals surface area contributed by atoms with Crippen LogP contribution in [0.15, 0.2) is 0 Å². The summed E-state index contributed by atoms with van der Waals surface area (Å²) in [5.41, 5.74) is 0. The Labute approximate surface area is 84.1 Å². The number of aliphatic hydroxyl groups is 1. The van der Waals surface area contributed by atoms with Gasteiger partial charge in [-0.1, -0.05) is 0 Å². The summed E-state index contributed by atoms with van der Waals surface area (Å²) < 4.78 is 0. The molecule has 0 aromatic heterocycles. The van der Waals surface area contributed by atoms with Crippen molar-refractivity contribution >= 4 is 69.1 Å². The van der Waals surface area contributed by atoms with E-state index in [-0.39, 0.29) is 51.4 Å². The molecule has 0 rings (SSSR count). The molecule has 0 aromatic carbocycles. The molecule has 0 aliphatic carbocycles. The maximum absolute atomic E-state index is 9.43. The quantitative estimate of drug-likeness (QED) is 0.347. The zero-order chi connectivity index (χ0) is 4.28. The Balaban J connectivity index is 0. The predicted molar refractivity (Wildman–Crippen MR) is 28.2 cm³/mol. The maximum atomic E-state index is 9.43. The molecule has 0 unspecified atom stereocenters. The summed E-state index contributed by atoms with van der Waals surface area (Å²) in [7, 11) is 0. The molecule has 0 fully saturated rings. The van der Waals surface area contributed by atoms with Crippen molar-refractivity contribution < 1.29 is 9.90 Å². The number of hydrogen-bond donors (Lipinski definition) is 2. The van der Waals surface area contributed by atoms with E-state index in [0.29, 0.717) is 0 Å². The topological polar surface area (TPSA) is 37.3 Å². The molecule has 0 aromatic rings. The second-order valence-electron chi connectivity index (χ2n) is 0.552. The summed E-state index contributed by atoms with van der Waals surface area (Å²) in [6.45, 7) is -0.469. The van der Waals surface area contributed by atoms with Crippen LogP contribution in [0.4, 0.5) is 0 Å². The van der Waals surface area contributed by atoms with Gasteiger partial charge in [0, 0.05) is 0 Å². The van der Waals surface area contributed by atoms with Crippen LogP contribution in [-0.4, -0.2) is 68.2 Å². The van der Waals surface area contributed by atoms with Gasteiger partial charge in [-0.15, -0.1) is 12.6 Å². The van der Waals surface area contributed by atoms with E-state index in [1.54, 1.807) is 0 Å². The summed E-state index contributed by atoms with van der Waals surface area (Å²) in [6, 6.07) is 0. The van der Waals surface area contributed by atoms with Gasteiger partial charge in [-0.05, 0) is 0 Å². The monoisotopic (exact) mass is 132 g/mol. The molecule has 4 heteroatoms. The van der Waals surface area contributed by atoms with Gasteiger partial charge in [0.25, 0.3) is 0 Å². The summed E-state index contributed by atoms with van der Waals surface area (Å²) >= 11 is 3.21. The molecule has 0 atom stereocenters. The Kier molecular flexibility index (Phi) is 11.7. The van der Waals surface area contributed by atoms with E-state index in [9.17, 15) is 4.79 Å². The van der Waals surface area contributed by atoms with Gasteiger partial charge in [0.15, 0.2) is 0 Å². The van der Waals surface area contributed by atoms with E-state index in [2.05, 4.69) is 12.6 Å². The van der Waals surface area contributed by atoms with E-state index in [1.807, 2.05) is 0 Å². The van der Waals surface area contributed by atoms with Crippen LogP contribution in [0.25, 0.3) is 0 Å². The average Bonchev–Trinajstić information content (AvgIpc) is 1.38. The Bertz CT molecular complexity index is 46.8. The van der Waals surface area contributed by atoms with Gasteiger partial charge in [-0.2, -0.15) is 0 Å². The first-order chi connectivity index (χ1) is 2.27. The van der Waals surface area contributed by atoms with Crippen LogP contribution < -0.4 is 0 Å². The summed E-state index contributed by atoms with van der Waals surface area (Å²) in [6.07, 6.45) is 0. The van der Waals surface area contributed by atoms with Crippen molar-refractivity contribution in [3.8, 4) is 0 Å². The Morgan fingerprint density at radius 3 is 2.00 bits per heavy atom. The van der Waals surface area contributed by atoms with Crippen LogP contribution in [-0.2, 0) is 4.79 Å². The van der Waals surface area contributed by atoms with Gasteiger partial charge in [-0.3, -0.25) is 4.79 Å². The van der Waals surface area contributed by atoms with Gasteiger partial charge in [0.1, 0.15) is 6.61 Å². The van der Waals surface area contributed by atoms with E-state index in [0.717, 1.165) is 0 Å². The molecule has 0 amide bonds. The first kappa shape index (κ1) is 10.6. The van der Waals surface area contributed by atoms with Gasteiger partial charge in [0.2, 0.25) is 5.12 Å². The van der Waals surface area contributed by atoms with Crippen molar-refractivity contribution in [2.45, 2.75) is 0 Å². The third kappa shape index (κ3) is 9.15. The summed E-state index contributed by atoms with van der Waals surface area (Å²) in [4.78, 5) is 9.43. The zero-order valence-electron chi connectivity index (χ0n) is 2.51. The zero-order valence-corrected chi connectivity index (χ0v) is 3.40. The fourth-order valence-electron chi connectivity index (χ4n) is 0. The molecule has 0 radical (unpaired) electrons. The molecule has 0 saturated carbocycles. The van der Waals surface area contributed by atoms with Crippen molar-refractivity contribution in [1.82, 2.24) is 0 Å². The van der Waals surface area contributed by atoms with Crippen LogP contribution >= 0.6 is 12.6 Å². The van der Waals surface area contributed by atoms with Crippen LogP contribution in [0.5, 0.6) is 0 Å². The van der Waals surface area contributed by atoms with Crippen molar-refractivity contribution in [1.29, 1.82) is 0 Å². The van der Waals surface area contributed by atoms with Gasteiger partial charge < -0.3 is 5.11 Å². The molecule has 0 aliphatic rings. The van der Waals surface area contributed by atoms with Gasteiger partial charge >= 0.3 is 51.4 Å². The normalized spacial score (nSPS) is 6.33. The summed E-state index contributed by atoms with van der Waals surface area (Å²) in [5.74, 6) is 0. The van der Waals surface area contributed by atoms with Crippen molar-refractivity contribution in [3.63, 3.8) is 0 Å². The number of carbonyl (C=O) groups is 1. The number of carbonyl (C=O) groups excluding carboxylic acids is 1. The third-order valence-corrected chi connectivity index (χ3v) is 0.277. The van der Waals surface area contributed by atoms with Crippen molar-refractivity contribution in [3.05, 3.63) is 0 Å². The number of hydrogen-bond acceptors (Lipinski definition) is 2. The van der Waals surface area contributed by atoms with Gasteiger partial charge in [0.05, 0.1) is 0 Å². The van der Waals surface area contributed by atoms with Crippen LogP contribution in [0.2, 0.25) is 0 Å². The number of rotatable bonds is 1. The second-order valence-corrected chi connectivity index (χ2v) is 1.05. The first-order valence-electron chi connectivity index (χ1n) is 1.10. The Morgan fingerprint density at radius 1 is 1.83 bits per heavy atom. The van der Waals surface area contributed by atoms with E-state index in [1.165, 1.54) is 0 Å². The SMILES string of the molecule is O=C(S)CO.[KH]. The van der Waals surface area contributed by atoms with Crippen LogP contribution in [0, 0.1) is 0 Å². The van der Waals surface area contributed by atoms with Crippen molar-refractivity contribution in [2.75, 3.05) is 6.61 Å². The predicted octanol–water partition coefficient (Wildman–Crippen LogP) is -1.21. The minimum atomic E-state index is -0.495. The molecular formula is C2H5KO2S. The average molecular weight is 132 g/mol. The van der Waals surface area contributed by atoms with Crippen LogP contribution in [0.3, 0.4) is 0 Å². The fraction of sp³-hybridized carbons (Fsp3) is 0.500. The second kappa shape index (κ2) is 6.62. The molecule has 32 valence electrons. The van der Waals surface area contributed by atoms with E-state index in [4.69, 9.17) is 5.11 Å². The molecule has 0 aliphatic heterocycles. The molecule has 2 nitrogen and oxygen atoms in total. The minimum absolute atomic E-state index is 0. The van der Waals surface area contributed by atoms with E-state index < -0.39 is 11.7 Å². The van der Waals surface area contributed by atoms with Crippen molar-refractivity contribution in [2.24, 2.45) is 0 Å².